The summed E-state index contributed by atoms with van der Waals surface area (Å²) in [5.41, 5.74) is -0.358. The van der Waals surface area contributed by atoms with Gasteiger partial charge in [-0.15, -0.1) is 0 Å². The van der Waals surface area contributed by atoms with Gasteiger partial charge in [0.2, 0.25) is 0 Å². The molecule has 0 saturated heterocycles. The van der Waals surface area contributed by atoms with E-state index in [1.807, 2.05) is 22.6 Å². The Kier molecular flexibility index (Phi) is 8.56. The number of carbonyl (C=O) groups is 2. The minimum absolute atomic E-state index is 0.0621. The van der Waals surface area contributed by atoms with Gasteiger partial charge in [0.25, 0.3) is 0 Å². The normalized spacial score (nSPS) is 12.1. The molecule has 200 valence electrons. The van der Waals surface area contributed by atoms with E-state index < -0.39 is 43.1 Å². The van der Waals surface area contributed by atoms with Crippen LogP contribution in [0, 0.1) is 15.3 Å². The first-order valence-corrected chi connectivity index (χ1v) is 16.3. The average molecular weight is 646 g/mol. The maximum absolute atomic E-state index is 15.0. The number of halogens is 3. The number of carbonyl (C=O) groups excluding carboxylic acids is 2. The molecule has 0 atom stereocenters. The first-order valence-electron chi connectivity index (χ1n) is 11.6. The summed E-state index contributed by atoms with van der Waals surface area (Å²) in [6, 6.07) is 3.05. The molecule has 3 rings (SSSR count). The molecule has 13 heteroatoms. The number of benzene rings is 1. The molecule has 0 bridgehead atoms. The van der Waals surface area contributed by atoms with Crippen LogP contribution < -0.4 is 0 Å². The van der Waals surface area contributed by atoms with E-state index in [0.717, 1.165) is 22.9 Å². The van der Waals surface area contributed by atoms with E-state index >= 15 is 8.78 Å². The highest BCUT2D eigenvalue weighted by Gasteiger charge is 2.24. The number of ether oxygens (including phenoxy) is 2. The summed E-state index contributed by atoms with van der Waals surface area (Å²) in [5.74, 6) is -1.97. The number of fused-ring (bicyclic) bond motifs is 1. The third-order valence-electron chi connectivity index (χ3n) is 5.08. The number of aromatic nitrogens is 4. The Morgan fingerprint density at radius 2 is 1.78 bits per heavy atom. The molecule has 1 amide bonds. The molecule has 0 N–H and O–H groups in total. The Morgan fingerprint density at radius 3 is 2.35 bits per heavy atom. The van der Waals surface area contributed by atoms with E-state index in [1.165, 1.54) is 18.1 Å². The second kappa shape index (κ2) is 11.0. The van der Waals surface area contributed by atoms with Crippen LogP contribution >= 0.6 is 22.6 Å². The third-order valence-corrected chi connectivity index (χ3v) is 7.51. The summed E-state index contributed by atoms with van der Waals surface area (Å²) in [7, 11) is 0.0891. The van der Waals surface area contributed by atoms with E-state index in [0.29, 0.717) is 3.70 Å². The van der Waals surface area contributed by atoms with Gasteiger partial charge in [0, 0.05) is 21.7 Å². The van der Waals surface area contributed by atoms with Crippen molar-refractivity contribution in [1.29, 1.82) is 0 Å². The quantitative estimate of drug-likeness (QED) is 0.237. The Bertz CT molecular complexity index is 1310. The molecule has 3 aromatic rings. The topological polar surface area (TPSA) is 99.4 Å². The van der Waals surface area contributed by atoms with E-state index in [-0.39, 0.29) is 35.6 Å². The summed E-state index contributed by atoms with van der Waals surface area (Å²) in [5, 5.41) is 4.17. The predicted octanol–water partition coefficient (Wildman–Crippen LogP) is 6.07. The van der Waals surface area contributed by atoms with Gasteiger partial charge in [-0.1, -0.05) is 19.6 Å². The maximum Gasteiger partial charge on any atom is 0.435 e. The van der Waals surface area contributed by atoms with Crippen LogP contribution in [0.1, 0.15) is 26.3 Å². The van der Waals surface area contributed by atoms with Crippen LogP contribution in [0.15, 0.2) is 18.3 Å². The van der Waals surface area contributed by atoms with Gasteiger partial charge in [0.1, 0.15) is 32.0 Å². The largest absolute Gasteiger partial charge is 0.448 e. The van der Waals surface area contributed by atoms with Crippen LogP contribution in [0.4, 0.5) is 18.4 Å². The number of rotatable bonds is 6. The summed E-state index contributed by atoms with van der Waals surface area (Å²) in [4.78, 5) is 34.3. The maximum atomic E-state index is 15.0. The second-order valence-electron chi connectivity index (χ2n) is 10.8. The van der Waals surface area contributed by atoms with Gasteiger partial charge in [-0.2, -0.15) is 9.78 Å². The molecule has 0 aliphatic carbocycles. The highest BCUT2D eigenvalue weighted by atomic mass is 127. The summed E-state index contributed by atoms with van der Waals surface area (Å²) in [6.07, 6.45) is 0.00507. The molecule has 37 heavy (non-hydrogen) atoms. The van der Waals surface area contributed by atoms with Crippen LogP contribution in [-0.4, -0.2) is 64.2 Å². The lowest BCUT2D eigenvalue weighted by Crippen LogP contribution is -2.33. The molecule has 0 fully saturated rings. The van der Waals surface area contributed by atoms with Crippen molar-refractivity contribution in [3.8, 4) is 11.4 Å². The van der Waals surface area contributed by atoms with E-state index in [9.17, 15) is 9.59 Å². The molecule has 0 unspecified atom stereocenters. The van der Waals surface area contributed by atoms with Crippen LogP contribution in [0.25, 0.3) is 22.4 Å². The zero-order valence-corrected chi connectivity index (χ0v) is 25.0. The number of hydrogen-bond donors (Lipinski definition) is 0. The minimum Gasteiger partial charge on any atom is -0.448 e. The lowest BCUT2D eigenvalue weighted by molar-refractivity contribution is 0.0284. The highest BCUT2D eigenvalue weighted by molar-refractivity contribution is 14.1. The predicted molar refractivity (Wildman–Crippen MR) is 146 cm³/mol. The van der Waals surface area contributed by atoms with Gasteiger partial charge in [0.05, 0.1) is 18.4 Å². The molecule has 0 radical (unpaired) electrons. The van der Waals surface area contributed by atoms with Gasteiger partial charge in [0.15, 0.2) is 5.82 Å². The van der Waals surface area contributed by atoms with E-state index in [4.69, 9.17) is 9.47 Å². The smallest absolute Gasteiger partial charge is 0.435 e. The van der Waals surface area contributed by atoms with Gasteiger partial charge in [-0.25, -0.2) is 28.3 Å². The monoisotopic (exact) mass is 645 g/mol. The molecule has 0 spiro atoms. The van der Waals surface area contributed by atoms with Crippen LogP contribution in [-0.2, 0) is 16.0 Å². The van der Waals surface area contributed by atoms with Crippen molar-refractivity contribution in [2.24, 2.45) is 0 Å². The Balaban J connectivity index is 1.85. The fraction of sp³-hybridized carbons (Fsp3) is 0.458. The molecular formula is C24H30F2IN5O4Si. The van der Waals surface area contributed by atoms with Gasteiger partial charge in [-0.05, 0) is 67.1 Å². The van der Waals surface area contributed by atoms with Crippen molar-refractivity contribution < 1.29 is 27.8 Å². The van der Waals surface area contributed by atoms with Gasteiger partial charge >= 0.3 is 12.2 Å². The summed E-state index contributed by atoms with van der Waals surface area (Å²) >= 11 is 1.89. The fourth-order valence-electron chi connectivity index (χ4n) is 3.25. The molecule has 0 aliphatic rings. The van der Waals surface area contributed by atoms with Crippen molar-refractivity contribution in [3.05, 3.63) is 39.2 Å². The molecule has 2 heterocycles. The zero-order chi connectivity index (χ0) is 27.7. The second-order valence-corrected chi connectivity index (χ2v) is 17.5. The van der Waals surface area contributed by atoms with Gasteiger partial charge in [-0.3, -0.25) is 0 Å². The fourth-order valence-corrected chi connectivity index (χ4v) is 4.57. The lowest BCUT2D eigenvalue weighted by atomic mass is 10.1. The van der Waals surface area contributed by atoms with E-state index in [1.54, 1.807) is 20.8 Å². The molecule has 0 saturated carbocycles. The summed E-state index contributed by atoms with van der Waals surface area (Å²) in [6.45, 7) is 11.9. The SMILES string of the molecule is CN(Cc1cc(F)c(-c2ncc3c(n2)c(I)nn3C(=O)OCC[Si](C)(C)C)c(F)c1)C(=O)OC(C)(C)C. The number of amides is 1. The van der Waals surface area contributed by atoms with Crippen molar-refractivity contribution in [1.82, 2.24) is 24.6 Å². The van der Waals surface area contributed by atoms with Crippen LogP contribution in [0.2, 0.25) is 25.7 Å². The standard InChI is InChI=1S/C24H30F2IN5O4Si/c1-24(2,3)36-22(33)31(4)13-14-10-15(25)18(16(26)11-14)21-28-12-17-19(29-21)20(27)30-32(17)23(34)35-8-9-37(5,6)7/h10-12H,8-9,13H2,1-7H3. The van der Waals surface area contributed by atoms with Crippen LogP contribution in [0.3, 0.4) is 0 Å². The first-order chi connectivity index (χ1) is 17.1. The minimum atomic E-state index is -1.39. The lowest BCUT2D eigenvalue weighted by Gasteiger charge is -2.24. The third kappa shape index (κ3) is 7.43. The van der Waals surface area contributed by atoms with Gasteiger partial charge < -0.3 is 14.4 Å². The Hall–Kier alpha value is -2.68. The first kappa shape index (κ1) is 28.9. The Morgan fingerprint density at radius 1 is 1.16 bits per heavy atom. The van der Waals surface area contributed by atoms with Crippen LogP contribution in [0.5, 0.6) is 0 Å². The zero-order valence-electron chi connectivity index (χ0n) is 21.9. The molecule has 1 aromatic carbocycles. The van der Waals surface area contributed by atoms with E-state index in [2.05, 4.69) is 34.7 Å². The van der Waals surface area contributed by atoms with Crippen molar-refractivity contribution in [2.75, 3.05) is 13.7 Å². The van der Waals surface area contributed by atoms with Crippen molar-refractivity contribution in [3.63, 3.8) is 0 Å². The van der Waals surface area contributed by atoms with Crippen molar-refractivity contribution >= 4 is 53.9 Å². The summed E-state index contributed by atoms with van der Waals surface area (Å²) < 4.78 is 42.1. The number of nitrogens with zero attached hydrogens (tertiary/aromatic N) is 5. The molecule has 2 aromatic heterocycles. The number of hydrogen-bond acceptors (Lipinski definition) is 7. The highest BCUT2D eigenvalue weighted by Crippen LogP contribution is 2.28. The Labute approximate surface area is 228 Å². The van der Waals surface area contributed by atoms with Crippen molar-refractivity contribution in [2.45, 2.75) is 58.6 Å². The molecule has 9 nitrogen and oxygen atoms in total. The molecular weight excluding hydrogens is 615 g/mol. The average Bonchev–Trinajstić information content (AvgIpc) is 3.07. The molecule has 0 aliphatic heterocycles.